The third-order valence-corrected chi connectivity index (χ3v) is 3.89. The highest BCUT2D eigenvalue weighted by atomic mass is 16.5. The van der Waals surface area contributed by atoms with Crippen molar-refractivity contribution in [1.29, 1.82) is 0 Å². The summed E-state index contributed by atoms with van der Waals surface area (Å²) in [5, 5.41) is 20.0. The highest BCUT2D eigenvalue weighted by molar-refractivity contribution is 5.91. The maximum absolute atomic E-state index is 12.8. The second kappa shape index (κ2) is 6.27. The van der Waals surface area contributed by atoms with Crippen molar-refractivity contribution in [1.82, 2.24) is 0 Å². The Bertz CT molecular complexity index is 1000. The predicted octanol–water partition coefficient (Wildman–Crippen LogP) is 2.90. The molecule has 0 unspecified atom stereocenters. The van der Waals surface area contributed by atoms with Gasteiger partial charge < -0.3 is 28.8 Å². The maximum Gasteiger partial charge on any atom is 0.204 e. The predicted molar refractivity (Wildman–Crippen MR) is 90.9 cm³/mol. The normalized spacial score (nSPS) is 10.7. The first-order valence-corrected chi connectivity index (χ1v) is 7.28. The van der Waals surface area contributed by atoms with Crippen LogP contribution in [0.4, 0.5) is 0 Å². The van der Waals surface area contributed by atoms with Crippen LogP contribution in [-0.2, 0) is 0 Å². The van der Waals surface area contributed by atoms with Gasteiger partial charge in [0, 0.05) is 6.07 Å². The molecule has 130 valence electrons. The van der Waals surface area contributed by atoms with Crippen LogP contribution in [0.2, 0.25) is 0 Å². The van der Waals surface area contributed by atoms with Gasteiger partial charge in [0.05, 0.1) is 26.9 Å². The molecule has 0 amide bonds. The molecule has 0 bridgehead atoms. The molecule has 0 aliphatic rings. The lowest BCUT2D eigenvalue weighted by Gasteiger charge is -2.11. The first-order chi connectivity index (χ1) is 12.0. The van der Waals surface area contributed by atoms with Gasteiger partial charge in [0.25, 0.3) is 0 Å². The Hall–Kier alpha value is -3.35. The van der Waals surface area contributed by atoms with E-state index in [2.05, 4.69) is 0 Å². The highest BCUT2D eigenvalue weighted by Crippen LogP contribution is 2.41. The number of fused-ring (bicyclic) bond motifs is 1. The zero-order chi connectivity index (χ0) is 18.1. The van der Waals surface area contributed by atoms with Gasteiger partial charge in [-0.25, -0.2) is 0 Å². The summed E-state index contributed by atoms with van der Waals surface area (Å²) < 4.78 is 20.8. The molecule has 7 heteroatoms. The van der Waals surface area contributed by atoms with Gasteiger partial charge in [-0.3, -0.25) is 4.79 Å². The standard InChI is InChI=1S/C18H16O7/c1-22-11-5-4-9(6-12(11)23-2)10-8-25-13-7-14(24-3)17(20)18(21)15(13)16(10)19/h4-8,20-21H,1-3H3. The molecule has 0 aliphatic heterocycles. The third kappa shape index (κ3) is 2.59. The van der Waals surface area contributed by atoms with Gasteiger partial charge >= 0.3 is 0 Å². The molecule has 25 heavy (non-hydrogen) atoms. The van der Waals surface area contributed by atoms with Gasteiger partial charge in [-0.05, 0) is 17.7 Å². The van der Waals surface area contributed by atoms with Crippen molar-refractivity contribution in [3.05, 3.63) is 40.8 Å². The van der Waals surface area contributed by atoms with Gasteiger partial charge in [0.1, 0.15) is 17.2 Å². The van der Waals surface area contributed by atoms with Crippen molar-refractivity contribution in [2.75, 3.05) is 21.3 Å². The molecule has 1 aromatic heterocycles. The van der Waals surface area contributed by atoms with Crippen LogP contribution in [0, 0.1) is 0 Å². The molecule has 0 saturated heterocycles. The average molecular weight is 344 g/mol. The maximum atomic E-state index is 12.8. The quantitative estimate of drug-likeness (QED) is 0.702. The summed E-state index contributed by atoms with van der Waals surface area (Å²) in [4.78, 5) is 12.8. The summed E-state index contributed by atoms with van der Waals surface area (Å²) in [6.07, 6.45) is 1.28. The molecule has 0 spiro atoms. The van der Waals surface area contributed by atoms with E-state index in [4.69, 9.17) is 18.6 Å². The molecule has 0 atom stereocenters. The Morgan fingerprint density at radius 1 is 0.880 bits per heavy atom. The summed E-state index contributed by atoms with van der Waals surface area (Å²) in [6, 6.07) is 6.28. The SMILES string of the molecule is COc1ccc(-c2coc3cc(OC)c(O)c(O)c3c2=O)cc1OC. The fourth-order valence-corrected chi connectivity index (χ4v) is 2.59. The number of hydrogen-bond acceptors (Lipinski definition) is 7. The molecule has 0 aliphatic carbocycles. The van der Waals surface area contributed by atoms with E-state index in [1.54, 1.807) is 18.2 Å². The van der Waals surface area contributed by atoms with E-state index in [1.165, 1.54) is 33.7 Å². The first kappa shape index (κ1) is 16.5. The van der Waals surface area contributed by atoms with E-state index in [1.807, 2.05) is 0 Å². The van der Waals surface area contributed by atoms with Gasteiger partial charge in [-0.15, -0.1) is 0 Å². The van der Waals surface area contributed by atoms with Crippen LogP contribution < -0.4 is 19.6 Å². The minimum Gasteiger partial charge on any atom is -0.504 e. The zero-order valence-corrected chi connectivity index (χ0v) is 13.8. The third-order valence-electron chi connectivity index (χ3n) is 3.89. The topological polar surface area (TPSA) is 98.4 Å². The fraction of sp³-hybridized carbons (Fsp3) is 0.167. The molecule has 2 aromatic carbocycles. The van der Waals surface area contributed by atoms with Gasteiger partial charge in [0.2, 0.25) is 11.2 Å². The molecular weight excluding hydrogens is 328 g/mol. The molecule has 0 radical (unpaired) electrons. The molecule has 0 saturated carbocycles. The van der Waals surface area contributed by atoms with Crippen LogP contribution in [-0.4, -0.2) is 31.5 Å². The number of hydrogen-bond donors (Lipinski definition) is 2. The van der Waals surface area contributed by atoms with Crippen molar-refractivity contribution in [3.63, 3.8) is 0 Å². The van der Waals surface area contributed by atoms with Crippen LogP contribution in [0.1, 0.15) is 0 Å². The van der Waals surface area contributed by atoms with Crippen LogP contribution in [0.5, 0.6) is 28.7 Å². The molecule has 3 rings (SSSR count). The summed E-state index contributed by atoms with van der Waals surface area (Å²) in [7, 11) is 4.33. The fourth-order valence-electron chi connectivity index (χ4n) is 2.59. The number of methoxy groups -OCH3 is 3. The Morgan fingerprint density at radius 3 is 2.20 bits per heavy atom. The Kier molecular flexibility index (Phi) is 4.14. The van der Waals surface area contributed by atoms with E-state index >= 15 is 0 Å². The van der Waals surface area contributed by atoms with Crippen molar-refractivity contribution >= 4 is 11.0 Å². The molecule has 0 fully saturated rings. The number of phenols is 2. The Balaban J connectivity index is 2.27. The zero-order valence-electron chi connectivity index (χ0n) is 13.8. The van der Waals surface area contributed by atoms with Crippen molar-refractivity contribution in [3.8, 4) is 39.9 Å². The number of rotatable bonds is 4. The van der Waals surface area contributed by atoms with Crippen LogP contribution in [0.25, 0.3) is 22.1 Å². The molecule has 1 heterocycles. The van der Waals surface area contributed by atoms with Gasteiger partial charge in [0.15, 0.2) is 23.0 Å². The summed E-state index contributed by atoms with van der Waals surface area (Å²) in [5.74, 6) is -0.146. The Morgan fingerprint density at radius 2 is 1.56 bits per heavy atom. The number of benzene rings is 2. The van der Waals surface area contributed by atoms with Crippen molar-refractivity contribution in [2.24, 2.45) is 0 Å². The van der Waals surface area contributed by atoms with E-state index in [-0.39, 0.29) is 22.3 Å². The van der Waals surface area contributed by atoms with E-state index in [9.17, 15) is 15.0 Å². The second-order valence-corrected chi connectivity index (χ2v) is 5.20. The average Bonchev–Trinajstić information content (AvgIpc) is 2.64. The number of ether oxygens (including phenoxy) is 3. The molecule has 7 nitrogen and oxygen atoms in total. The minimum absolute atomic E-state index is 0.00650. The smallest absolute Gasteiger partial charge is 0.204 e. The summed E-state index contributed by atoms with van der Waals surface area (Å²) >= 11 is 0. The van der Waals surface area contributed by atoms with E-state index < -0.39 is 16.9 Å². The second-order valence-electron chi connectivity index (χ2n) is 5.20. The van der Waals surface area contributed by atoms with E-state index in [0.717, 1.165) is 0 Å². The first-order valence-electron chi connectivity index (χ1n) is 7.28. The lowest BCUT2D eigenvalue weighted by Crippen LogP contribution is -2.06. The van der Waals surface area contributed by atoms with Crippen molar-refractivity contribution in [2.45, 2.75) is 0 Å². The molecular formula is C18H16O7. The summed E-state index contributed by atoms with van der Waals surface area (Å²) in [6.45, 7) is 0. The van der Waals surface area contributed by atoms with Gasteiger partial charge in [-0.2, -0.15) is 0 Å². The monoisotopic (exact) mass is 344 g/mol. The Labute approximate surface area is 142 Å². The number of phenolic OH excluding ortho intramolecular Hbond substituents is 2. The van der Waals surface area contributed by atoms with Crippen LogP contribution in [0.15, 0.2) is 39.7 Å². The van der Waals surface area contributed by atoms with Gasteiger partial charge in [-0.1, -0.05) is 6.07 Å². The molecule has 3 aromatic rings. The van der Waals surface area contributed by atoms with Crippen LogP contribution >= 0.6 is 0 Å². The van der Waals surface area contributed by atoms with Crippen molar-refractivity contribution < 1.29 is 28.8 Å². The minimum atomic E-state index is -0.592. The lowest BCUT2D eigenvalue weighted by atomic mass is 10.0. The highest BCUT2D eigenvalue weighted by Gasteiger charge is 2.19. The number of aromatic hydroxyl groups is 2. The summed E-state index contributed by atoms with van der Waals surface area (Å²) in [5.41, 5.74) is 0.321. The molecule has 2 N–H and O–H groups in total. The van der Waals surface area contributed by atoms with E-state index in [0.29, 0.717) is 17.1 Å². The van der Waals surface area contributed by atoms with Crippen LogP contribution in [0.3, 0.4) is 0 Å². The largest absolute Gasteiger partial charge is 0.504 e. The lowest BCUT2D eigenvalue weighted by molar-refractivity contribution is 0.352.